The minimum Gasteiger partial charge on any atom is -0.467 e. The van der Waals surface area contributed by atoms with Crippen molar-refractivity contribution in [1.82, 2.24) is 14.5 Å². The second-order valence-electron chi connectivity index (χ2n) is 4.55. The Kier molecular flexibility index (Phi) is 5.17. The van der Waals surface area contributed by atoms with Crippen molar-refractivity contribution in [3.63, 3.8) is 0 Å². The van der Waals surface area contributed by atoms with Crippen molar-refractivity contribution in [1.29, 1.82) is 0 Å². The molecule has 0 aliphatic carbocycles. The second-order valence-corrected chi connectivity index (χ2v) is 5.50. The number of aryl methyl sites for hydroxylation is 1. The van der Waals surface area contributed by atoms with Gasteiger partial charge >= 0.3 is 6.18 Å². The van der Waals surface area contributed by atoms with Gasteiger partial charge in [0.25, 0.3) is 0 Å². The number of hydrogen-bond acceptors (Lipinski definition) is 4. The summed E-state index contributed by atoms with van der Waals surface area (Å²) in [4.78, 5) is 16.8. The number of carbonyl (C=O) groups excluding carboxylic acids is 1. The van der Waals surface area contributed by atoms with Gasteiger partial charge in [0.2, 0.25) is 5.91 Å². The van der Waals surface area contributed by atoms with Gasteiger partial charge in [0.05, 0.1) is 18.6 Å². The van der Waals surface area contributed by atoms with Gasteiger partial charge in [0.1, 0.15) is 12.3 Å². The Labute approximate surface area is 129 Å². The first-order valence-corrected chi connectivity index (χ1v) is 7.31. The first kappa shape index (κ1) is 16.5. The predicted molar refractivity (Wildman–Crippen MR) is 74.1 cm³/mol. The summed E-state index contributed by atoms with van der Waals surface area (Å²) in [7, 11) is 1.75. The number of furan rings is 1. The number of alkyl halides is 3. The molecule has 22 heavy (non-hydrogen) atoms. The molecule has 0 fully saturated rings. The van der Waals surface area contributed by atoms with Gasteiger partial charge in [-0.1, -0.05) is 11.8 Å². The van der Waals surface area contributed by atoms with Crippen LogP contribution in [0.5, 0.6) is 0 Å². The third kappa shape index (κ3) is 4.83. The molecule has 0 aliphatic heterocycles. The van der Waals surface area contributed by atoms with Gasteiger partial charge < -0.3 is 13.9 Å². The van der Waals surface area contributed by atoms with E-state index in [9.17, 15) is 18.0 Å². The molecular weight excluding hydrogens is 319 g/mol. The molecule has 5 nitrogen and oxygen atoms in total. The SMILES string of the molecule is Cn1ccnc1SCC(=O)N(Cc1ccco1)CC(F)(F)F. The quantitative estimate of drug-likeness (QED) is 0.763. The van der Waals surface area contributed by atoms with Gasteiger partial charge in [-0.05, 0) is 12.1 Å². The molecular formula is C13H14F3N3O2S. The third-order valence-electron chi connectivity index (χ3n) is 2.75. The number of imidazole rings is 1. The highest BCUT2D eigenvalue weighted by Gasteiger charge is 2.33. The number of thioether (sulfide) groups is 1. The smallest absolute Gasteiger partial charge is 0.406 e. The van der Waals surface area contributed by atoms with Crippen molar-refractivity contribution in [3.8, 4) is 0 Å². The van der Waals surface area contributed by atoms with Crippen LogP contribution >= 0.6 is 11.8 Å². The number of aromatic nitrogens is 2. The Bertz CT molecular complexity index is 610. The Balaban J connectivity index is 2.00. The summed E-state index contributed by atoms with van der Waals surface area (Å²) in [6.07, 6.45) is 0.149. The van der Waals surface area contributed by atoms with Crippen LogP contribution in [0.15, 0.2) is 40.4 Å². The molecule has 120 valence electrons. The van der Waals surface area contributed by atoms with Crippen LogP contribution in [0.2, 0.25) is 0 Å². The van der Waals surface area contributed by atoms with E-state index in [0.717, 1.165) is 16.7 Å². The van der Waals surface area contributed by atoms with Crippen molar-refractivity contribution >= 4 is 17.7 Å². The summed E-state index contributed by atoms with van der Waals surface area (Å²) in [5.74, 6) is -0.442. The Morgan fingerprint density at radius 2 is 2.27 bits per heavy atom. The normalized spacial score (nSPS) is 11.6. The van der Waals surface area contributed by atoms with E-state index in [1.807, 2.05) is 0 Å². The maximum atomic E-state index is 12.6. The van der Waals surface area contributed by atoms with Gasteiger partial charge in [-0.15, -0.1) is 0 Å². The molecule has 1 amide bonds. The molecule has 2 aromatic heterocycles. The molecule has 0 bridgehead atoms. The van der Waals surface area contributed by atoms with Crippen LogP contribution in [0.1, 0.15) is 5.76 Å². The Morgan fingerprint density at radius 1 is 1.50 bits per heavy atom. The highest BCUT2D eigenvalue weighted by molar-refractivity contribution is 7.99. The number of halogens is 3. The van der Waals surface area contributed by atoms with Crippen molar-refractivity contribution < 1.29 is 22.4 Å². The monoisotopic (exact) mass is 333 g/mol. The van der Waals surface area contributed by atoms with Crippen LogP contribution in [0.3, 0.4) is 0 Å². The van der Waals surface area contributed by atoms with Crippen molar-refractivity contribution in [2.75, 3.05) is 12.3 Å². The lowest BCUT2D eigenvalue weighted by Gasteiger charge is -2.22. The van der Waals surface area contributed by atoms with Crippen molar-refractivity contribution in [3.05, 3.63) is 36.5 Å². The first-order chi connectivity index (χ1) is 10.3. The fourth-order valence-corrected chi connectivity index (χ4v) is 2.58. The molecule has 9 heteroatoms. The van der Waals surface area contributed by atoms with Crippen molar-refractivity contribution in [2.24, 2.45) is 7.05 Å². The van der Waals surface area contributed by atoms with Crippen molar-refractivity contribution in [2.45, 2.75) is 17.9 Å². The molecule has 2 aromatic rings. The summed E-state index contributed by atoms with van der Waals surface area (Å²) in [5.41, 5.74) is 0. The zero-order valence-corrected chi connectivity index (χ0v) is 12.5. The molecule has 2 rings (SSSR count). The molecule has 0 aromatic carbocycles. The van der Waals surface area contributed by atoms with Gasteiger partial charge in [0, 0.05) is 19.4 Å². The summed E-state index contributed by atoms with van der Waals surface area (Å²) in [6, 6.07) is 3.09. The number of hydrogen-bond donors (Lipinski definition) is 0. The molecule has 0 spiro atoms. The van der Waals surface area contributed by atoms with E-state index in [4.69, 9.17) is 4.42 Å². The summed E-state index contributed by atoms with van der Waals surface area (Å²) >= 11 is 1.09. The molecule has 0 saturated heterocycles. The zero-order chi connectivity index (χ0) is 16.2. The number of rotatable bonds is 6. The first-order valence-electron chi connectivity index (χ1n) is 6.32. The minimum absolute atomic E-state index is 0.123. The van der Waals surface area contributed by atoms with Gasteiger partial charge in [-0.3, -0.25) is 4.79 Å². The third-order valence-corrected chi connectivity index (χ3v) is 3.79. The summed E-state index contributed by atoms with van der Waals surface area (Å²) in [6.45, 7) is -1.53. The number of carbonyl (C=O) groups is 1. The van der Waals surface area contributed by atoms with E-state index >= 15 is 0 Å². The lowest BCUT2D eigenvalue weighted by molar-refractivity contribution is -0.161. The van der Waals surface area contributed by atoms with Crippen LogP contribution in [0.4, 0.5) is 13.2 Å². The van der Waals surface area contributed by atoms with E-state index in [1.54, 1.807) is 30.1 Å². The largest absolute Gasteiger partial charge is 0.467 e. The van der Waals surface area contributed by atoms with Crippen LogP contribution < -0.4 is 0 Å². The predicted octanol–water partition coefficient (Wildman–Crippen LogP) is 2.70. The second kappa shape index (κ2) is 6.91. The van der Waals surface area contributed by atoms with E-state index < -0.39 is 18.6 Å². The fourth-order valence-electron chi connectivity index (χ4n) is 1.75. The molecule has 0 N–H and O–H groups in total. The highest BCUT2D eigenvalue weighted by Crippen LogP contribution is 2.21. The molecule has 0 atom stereocenters. The maximum absolute atomic E-state index is 12.6. The Hall–Kier alpha value is -1.90. The Morgan fingerprint density at radius 3 is 2.82 bits per heavy atom. The number of nitrogens with zero attached hydrogens (tertiary/aromatic N) is 3. The van der Waals surface area contributed by atoms with Gasteiger partial charge in [-0.25, -0.2) is 4.98 Å². The number of amides is 1. The van der Waals surface area contributed by atoms with Crippen LogP contribution in [0.25, 0.3) is 0 Å². The summed E-state index contributed by atoms with van der Waals surface area (Å²) in [5, 5.41) is 0.568. The van der Waals surface area contributed by atoms with E-state index in [2.05, 4.69) is 4.98 Å². The van der Waals surface area contributed by atoms with E-state index in [0.29, 0.717) is 10.9 Å². The standard InChI is InChI=1S/C13H14F3N3O2S/c1-18-5-4-17-12(18)22-8-11(20)19(9-13(14,15)16)7-10-3-2-6-21-10/h2-6H,7-9H2,1H3. The lowest BCUT2D eigenvalue weighted by atomic mass is 10.3. The van der Waals surface area contributed by atoms with Gasteiger partial charge in [-0.2, -0.15) is 13.2 Å². The van der Waals surface area contributed by atoms with Crippen LogP contribution in [-0.4, -0.2) is 38.8 Å². The molecule has 0 aliphatic rings. The topological polar surface area (TPSA) is 51.3 Å². The lowest BCUT2D eigenvalue weighted by Crippen LogP contribution is -2.39. The van der Waals surface area contributed by atoms with Crippen LogP contribution in [-0.2, 0) is 18.4 Å². The molecule has 0 saturated carbocycles. The van der Waals surface area contributed by atoms with E-state index in [-0.39, 0.29) is 12.3 Å². The minimum atomic E-state index is -4.46. The fraction of sp³-hybridized carbons (Fsp3) is 0.385. The van der Waals surface area contributed by atoms with E-state index in [1.165, 1.54) is 12.3 Å². The average molecular weight is 333 g/mol. The maximum Gasteiger partial charge on any atom is 0.406 e. The molecule has 0 unspecified atom stereocenters. The summed E-state index contributed by atoms with van der Waals surface area (Å²) < 4.78 is 44.6. The molecule has 2 heterocycles. The molecule has 0 radical (unpaired) electrons. The highest BCUT2D eigenvalue weighted by atomic mass is 32.2. The van der Waals surface area contributed by atoms with Gasteiger partial charge in [0.15, 0.2) is 5.16 Å². The average Bonchev–Trinajstić information content (AvgIpc) is 3.05. The van der Waals surface area contributed by atoms with Crippen LogP contribution in [0, 0.1) is 0 Å². The zero-order valence-electron chi connectivity index (χ0n) is 11.7.